The van der Waals surface area contributed by atoms with E-state index in [-0.39, 0.29) is 17.2 Å². The number of unbranched alkanes of at least 4 members (excludes halogenated alkanes) is 3. The second-order valence-electron chi connectivity index (χ2n) is 4.67. The summed E-state index contributed by atoms with van der Waals surface area (Å²) < 4.78 is 13.7. The highest BCUT2D eigenvalue weighted by atomic mass is 19.1. The zero-order valence-corrected chi connectivity index (χ0v) is 11.0. The van der Waals surface area contributed by atoms with Gasteiger partial charge in [-0.05, 0) is 37.5 Å². The van der Waals surface area contributed by atoms with E-state index in [2.05, 4.69) is 6.92 Å². The van der Waals surface area contributed by atoms with Gasteiger partial charge in [0.25, 0.3) is 0 Å². The molecule has 0 aromatic heterocycles. The first-order chi connectivity index (χ1) is 8.06. The van der Waals surface area contributed by atoms with Crippen molar-refractivity contribution in [2.75, 3.05) is 0 Å². The molecule has 1 aromatic rings. The van der Waals surface area contributed by atoms with Gasteiger partial charge in [0.2, 0.25) is 0 Å². The lowest BCUT2D eigenvalue weighted by Gasteiger charge is -2.07. The average molecular weight is 236 g/mol. The first-order valence-corrected chi connectivity index (χ1v) is 6.36. The fourth-order valence-electron chi connectivity index (χ4n) is 2.11. The lowest BCUT2D eigenvalue weighted by atomic mass is 9.98. The second-order valence-corrected chi connectivity index (χ2v) is 4.67. The molecule has 0 saturated carbocycles. The van der Waals surface area contributed by atoms with Gasteiger partial charge < -0.3 is 0 Å². The molecule has 2 heteroatoms. The Hall–Kier alpha value is -1.18. The fraction of sp³-hybridized carbons (Fsp3) is 0.533. The van der Waals surface area contributed by atoms with Crippen LogP contribution in [0.25, 0.3) is 0 Å². The molecule has 94 valence electrons. The zero-order valence-electron chi connectivity index (χ0n) is 11.0. The smallest absolute Gasteiger partial charge is 0.166 e. The molecular weight excluding hydrogens is 215 g/mol. The highest BCUT2D eigenvalue weighted by molar-refractivity contribution is 5.97. The lowest BCUT2D eigenvalue weighted by Crippen LogP contribution is -2.05. The molecule has 1 nitrogen and oxygen atoms in total. The highest BCUT2D eigenvalue weighted by Crippen LogP contribution is 2.18. The van der Waals surface area contributed by atoms with E-state index in [1.807, 2.05) is 13.0 Å². The monoisotopic (exact) mass is 236 g/mol. The van der Waals surface area contributed by atoms with E-state index >= 15 is 0 Å². The van der Waals surface area contributed by atoms with Gasteiger partial charge in [-0.3, -0.25) is 4.79 Å². The van der Waals surface area contributed by atoms with Crippen LogP contribution in [0.5, 0.6) is 0 Å². The summed E-state index contributed by atoms with van der Waals surface area (Å²) in [5.41, 5.74) is 1.90. The zero-order chi connectivity index (χ0) is 12.8. The molecule has 0 N–H and O–H groups in total. The van der Waals surface area contributed by atoms with Crippen molar-refractivity contribution in [3.05, 3.63) is 34.6 Å². The Morgan fingerprint density at radius 1 is 1.18 bits per heavy atom. The number of carbonyl (C=O) groups excluding carboxylic acids is 1. The Morgan fingerprint density at radius 2 is 1.88 bits per heavy atom. The molecular formula is C15H21FO. The molecule has 0 bridgehead atoms. The molecule has 1 aromatic carbocycles. The topological polar surface area (TPSA) is 17.1 Å². The molecule has 0 radical (unpaired) electrons. The normalized spacial score (nSPS) is 10.6. The summed E-state index contributed by atoms with van der Waals surface area (Å²) in [5.74, 6) is -0.431. The van der Waals surface area contributed by atoms with Crippen LogP contribution < -0.4 is 0 Å². The molecule has 0 aliphatic carbocycles. The Kier molecular flexibility index (Phi) is 5.33. The van der Waals surface area contributed by atoms with Crippen LogP contribution in [0.1, 0.15) is 60.5 Å². The number of aryl methyl sites for hydroxylation is 2. The molecule has 0 atom stereocenters. The maximum atomic E-state index is 13.7. The largest absolute Gasteiger partial charge is 0.294 e. The molecule has 17 heavy (non-hydrogen) atoms. The van der Waals surface area contributed by atoms with Crippen LogP contribution in [0.15, 0.2) is 12.1 Å². The second kappa shape index (κ2) is 6.53. The Morgan fingerprint density at radius 3 is 2.47 bits per heavy atom. The van der Waals surface area contributed by atoms with E-state index in [4.69, 9.17) is 0 Å². The number of Topliss-reactive ketones (excluding diaryl/α,β-unsaturated/α-hetero) is 1. The predicted octanol–water partition coefficient (Wildman–Crippen LogP) is 4.60. The molecule has 0 heterocycles. The summed E-state index contributed by atoms with van der Waals surface area (Å²) >= 11 is 0. The number of halogens is 1. The van der Waals surface area contributed by atoms with Crippen molar-refractivity contribution in [3.63, 3.8) is 0 Å². The third-order valence-corrected chi connectivity index (χ3v) is 2.97. The molecule has 0 fully saturated rings. The Bertz CT molecular complexity index is 373. The molecule has 0 aliphatic heterocycles. The van der Waals surface area contributed by atoms with E-state index in [0.29, 0.717) is 6.42 Å². The quantitative estimate of drug-likeness (QED) is 0.521. The number of hydrogen-bond donors (Lipinski definition) is 0. The fourth-order valence-corrected chi connectivity index (χ4v) is 2.11. The van der Waals surface area contributed by atoms with Crippen molar-refractivity contribution in [2.24, 2.45) is 0 Å². The van der Waals surface area contributed by atoms with Crippen molar-refractivity contribution in [3.8, 4) is 0 Å². The van der Waals surface area contributed by atoms with Crippen LogP contribution >= 0.6 is 0 Å². The van der Waals surface area contributed by atoms with Gasteiger partial charge in [-0.2, -0.15) is 0 Å². The van der Waals surface area contributed by atoms with Crippen molar-refractivity contribution in [2.45, 2.75) is 52.9 Å². The summed E-state index contributed by atoms with van der Waals surface area (Å²) in [5, 5.41) is 0. The van der Waals surface area contributed by atoms with Crippen LogP contribution in [0.4, 0.5) is 4.39 Å². The molecule has 1 rings (SSSR count). The first-order valence-electron chi connectivity index (χ1n) is 6.36. The summed E-state index contributed by atoms with van der Waals surface area (Å²) in [4.78, 5) is 11.9. The van der Waals surface area contributed by atoms with Gasteiger partial charge in [-0.25, -0.2) is 4.39 Å². The minimum atomic E-state index is -0.372. The van der Waals surface area contributed by atoms with Crippen molar-refractivity contribution in [1.82, 2.24) is 0 Å². The van der Waals surface area contributed by atoms with Crippen LogP contribution in [0, 0.1) is 19.7 Å². The van der Waals surface area contributed by atoms with Gasteiger partial charge in [0.05, 0.1) is 5.56 Å². The van der Waals surface area contributed by atoms with Crippen LogP contribution in [0.2, 0.25) is 0 Å². The van der Waals surface area contributed by atoms with E-state index in [9.17, 15) is 9.18 Å². The molecule has 0 saturated heterocycles. The maximum Gasteiger partial charge on any atom is 0.166 e. The summed E-state index contributed by atoms with van der Waals surface area (Å²) in [6.45, 7) is 5.77. The lowest BCUT2D eigenvalue weighted by molar-refractivity contribution is 0.0974. The number of carbonyl (C=O) groups is 1. The van der Waals surface area contributed by atoms with Gasteiger partial charge in [0.1, 0.15) is 5.82 Å². The maximum absolute atomic E-state index is 13.7. The van der Waals surface area contributed by atoms with Crippen LogP contribution in [0.3, 0.4) is 0 Å². The van der Waals surface area contributed by atoms with E-state index in [0.717, 1.165) is 36.8 Å². The van der Waals surface area contributed by atoms with E-state index in [1.165, 1.54) is 6.07 Å². The van der Waals surface area contributed by atoms with Crippen molar-refractivity contribution >= 4 is 5.78 Å². The third-order valence-electron chi connectivity index (χ3n) is 2.97. The average Bonchev–Trinajstić information content (AvgIpc) is 2.23. The molecule has 0 amide bonds. The van der Waals surface area contributed by atoms with Crippen molar-refractivity contribution < 1.29 is 9.18 Å². The van der Waals surface area contributed by atoms with Gasteiger partial charge in [-0.1, -0.05) is 32.3 Å². The number of ketones is 1. The molecule has 0 spiro atoms. The minimum absolute atomic E-state index is 0.0592. The van der Waals surface area contributed by atoms with Gasteiger partial charge in [0, 0.05) is 6.42 Å². The third kappa shape index (κ3) is 3.95. The number of rotatable bonds is 6. The first kappa shape index (κ1) is 13.9. The Balaban J connectivity index is 2.69. The van der Waals surface area contributed by atoms with E-state index < -0.39 is 0 Å². The number of benzene rings is 1. The van der Waals surface area contributed by atoms with Gasteiger partial charge in [-0.15, -0.1) is 0 Å². The van der Waals surface area contributed by atoms with E-state index in [1.54, 1.807) is 6.92 Å². The van der Waals surface area contributed by atoms with Gasteiger partial charge >= 0.3 is 0 Å². The predicted molar refractivity (Wildman–Crippen MR) is 69.0 cm³/mol. The highest BCUT2D eigenvalue weighted by Gasteiger charge is 2.14. The van der Waals surface area contributed by atoms with Crippen LogP contribution in [-0.4, -0.2) is 5.78 Å². The standard InChI is InChI=1S/C15H21FO/c1-4-5-6-7-8-14(17)15-12(3)9-11(2)10-13(15)16/h9-10H,4-8H2,1-3H3. The summed E-state index contributed by atoms with van der Waals surface area (Å²) in [7, 11) is 0. The summed E-state index contributed by atoms with van der Waals surface area (Å²) in [6.07, 6.45) is 4.66. The molecule has 0 aliphatic rings. The SMILES string of the molecule is CCCCCCC(=O)c1c(C)cc(C)cc1F. The van der Waals surface area contributed by atoms with Crippen molar-refractivity contribution in [1.29, 1.82) is 0 Å². The van der Waals surface area contributed by atoms with Crippen LogP contribution in [-0.2, 0) is 0 Å². The minimum Gasteiger partial charge on any atom is -0.294 e. The van der Waals surface area contributed by atoms with Gasteiger partial charge in [0.15, 0.2) is 5.78 Å². The summed E-state index contributed by atoms with van der Waals surface area (Å²) in [6, 6.07) is 3.30. The molecule has 0 unspecified atom stereocenters. The number of hydrogen-bond acceptors (Lipinski definition) is 1. The Labute approximate surface area is 103 Å².